The molecule has 0 radical (unpaired) electrons. The van der Waals surface area contributed by atoms with Gasteiger partial charge in [-0.3, -0.25) is 19.2 Å². The second-order valence-electron chi connectivity index (χ2n) is 9.93. The number of Topliss-reactive ketones (excluding diaryl/α,β-unsaturated/α-hetero) is 1. The standard InChI is InChI=1S/C29H31ClF2N4O4/c1-3-9-33-26(38)11-18-7-8-24-21(10-18)22(17(2)37)15-35(24)16-27(39)36-14-20(31)12-25(36)29(40)34-13-19-5-4-6-23(30)28(19)32/h4-8,10,15,20,25H,3,9,11-14,16H2,1-2H3,(H,33,38)(H,34,40)/t20-,25+/m1/s1. The molecule has 0 saturated carbocycles. The Labute approximate surface area is 235 Å². The lowest BCUT2D eigenvalue weighted by molar-refractivity contribution is -0.139. The van der Waals surface area contributed by atoms with Crippen molar-refractivity contribution in [2.45, 2.75) is 58.4 Å². The van der Waals surface area contributed by atoms with Crippen molar-refractivity contribution in [1.29, 1.82) is 0 Å². The number of hydrogen-bond donors (Lipinski definition) is 2. The van der Waals surface area contributed by atoms with Crippen molar-refractivity contribution in [3.05, 3.63) is 70.1 Å². The molecule has 2 atom stereocenters. The van der Waals surface area contributed by atoms with Gasteiger partial charge in [0.05, 0.1) is 18.0 Å². The number of hydrogen-bond acceptors (Lipinski definition) is 4. The minimum atomic E-state index is -1.39. The van der Waals surface area contributed by atoms with E-state index in [4.69, 9.17) is 11.6 Å². The molecule has 0 bridgehead atoms. The number of ketones is 1. The zero-order valence-corrected chi connectivity index (χ0v) is 23.1. The van der Waals surface area contributed by atoms with E-state index in [-0.39, 0.29) is 54.8 Å². The Hall–Kier alpha value is -3.79. The summed E-state index contributed by atoms with van der Waals surface area (Å²) in [5.74, 6) is -2.08. The monoisotopic (exact) mass is 572 g/mol. The van der Waals surface area contributed by atoms with E-state index in [0.717, 1.165) is 12.0 Å². The van der Waals surface area contributed by atoms with E-state index < -0.39 is 29.8 Å². The first-order valence-electron chi connectivity index (χ1n) is 13.1. The maximum absolute atomic E-state index is 14.4. The number of nitrogens with one attached hydrogen (secondary N) is 2. The van der Waals surface area contributed by atoms with Gasteiger partial charge in [0.25, 0.3) is 0 Å². The maximum Gasteiger partial charge on any atom is 0.243 e. The van der Waals surface area contributed by atoms with Gasteiger partial charge in [-0.25, -0.2) is 8.78 Å². The van der Waals surface area contributed by atoms with Crippen LogP contribution in [0.3, 0.4) is 0 Å². The molecule has 11 heteroatoms. The van der Waals surface area contributed by atoms with Crippen molar-refractivity contribution in [3.8, 4) is 0 Å². The van der Waals surface area contributed by atoms with Crippen molar-refractivity contribution in [1.82, 2.24) is 20.1 Å². The van der Waals surface area contributed by atoms with E-state index in [2.05, 4.69) is 10.6 Å². The predicted molar refractivity (Wildman–Crippen MR) is 147 cm³/mol. The van der Waals surface area contributed by atoms with Crippen LogP contribution >= 0.6 is 11.6 Å². The molecule has 1 aromatic heterocycles. The van der Waals surface area contributed by atoms with Gasteiger partial charge >= 0.3 is 0 Å². The summed E-state index contributed by atoms with van der Waals surface area (Å²) >= 11 is 5.80. The SMILES string of the molecule is CCCNC(=O)Cc1ccc2c(c1)c(C(C)=O)cn2CC(=O)N1C[C@H](F)C[C@H]1C(=O)NCc1cccc(Cl)c1F. The van der Waals surface area contributed by atoms with E-state index in [1.54, 1.807) is 35.0 Å². The molecule has 1 fully saturated rings. The molecule has 3 amide bonds. The summed E-state index contributed by atoms with van der Waals surface area (Å²) in [6.45, 7) is 3.31. The molecule has 2 N–H and O–H groups in total. The Morgan fingerprint density at radius 3 is 2.62 bits per heavy atom. The fourth-order valence-electron chi connectivity index (χ4n) is 4.91. The molecular weight excluding hydrogens is 542 g/mol. The number of benzene rings is 2. The van der Waals surface area contributed by atoms with E-state index in [0.29, 0.717) is 23.0 Å². The average molecular weight is 573 g/mol. The number of carbonyl (C=O) groups excluding carboxylic acids is 4. The normalized spacial score (nSPS) is 16.8. The first kappa shape index (κ1) is 29.2. The number of likely N-dealkylation sites (tertiary alicyclic amines) is 1. The van der Waals surface area contributed by atoms with Gasteiger partial charge in [-0.05, 0) is 37.1 Å². The third kappa shape index (κ3) is 6.50. The predicted octanol–water partition coefficient (Wildman–Crippen LogP) is 3.96. The summed E-state index contributed by atoms with van der Waals surface area (Å²) in [5, 5.41) is 5.92. The second-order valence-corrected chi connectivity index (χ2v) is 10.3. The smallest absolute Gasteiger partial charge is 0.243 e. The van der Waals surface area contributed by atoms with Gasteiger partial charge in [0.15, 0.2) is 5.78 Å². The number of amides is 3. The van der Waals surface area contributed by atoms with Crippen LogP contribution < -0.4 is 10.6 Å². The molecule has 1 aliphatic heterocycles. The van der Waals surface area contributed by atoms with Crippen molar-refractivity contribution < 1.29 is 28.0 Å². The molecule has 0 aliphatic carbocycles. The highest BCUT2D eigenvalue weighted by atomic mass is 35.5. The number of fused-ring (bicyclic) bond motifs is 1. The van der Waals surface area contributed by atoms with Crippen molar-refractivity contribution in [2.75, 3.05) is 13.1 Å². The van der Waals surface area contributed by atoms with Gasteiger partial charge in [0.2, 0.25) is 17.7 Å². The number of rotatable bonds is 10. The summed E-state index contributed by atoms with van der Waals surface area (Å²) in [5.41, 5.74) is 1.89. The van der Waals surface area contributed by atoms with Crippen LogP contribution in [0.4, 0.5) is 8.78 Å². The van der Waals surface area contributed by atoms with Gasteiger partial charge in [0.1, 0.15) is 24.6 Å². The van der Waals surface area contributed by atoms with Crippen molar-refractivity contribution in [3.63, 3.8) is 0 Å². The molecule has 0 spiro atoms. The van der Waals surface area contributed by atoms with Crippen LogP contribution in [0.1, 0.15) is 48.2 Å². The minimum absolute atomic E-state index is 0.0796. The van der Waals surface area contributed by atoms with E-state index in [1.807, 2.05) is 6.92 Å². The highest BCUT2D eigenvalue weighted by Gasteiger charge is 2.39. The van der Waals surface area contributed by atoms with E-state index in [9.17, 15) is 28.0 Å². The number of aromatic nitrogens is 1. The molecule has 40 heavy (non-hydrogen) atoms. The first-order chi connectivity index (χ1) is 19.1. The highest BCUT2D eigenvalue weighted by molar-refractivity contribution is 6.30. The highest BCUT2D eigenvalue weighted by Crippen LogP contribution is 2.26. The Balaban J connectivity index is 1.50. The fraction of sp³-hybridized carbons (Fsp3) is 0.379. The Morgan fingerprint density at radius 1 is 1.12 bits per heavy atom. The zero-order chi connectivity index (χ0) is 29.0. The largest absolute Gasteiger partial charge is 0.356 e. The van der Waals surface area contributed by atoms with Gasteiger partial charge < -0.3 is 20.1 Å². The Kier molecular flexibility index (Phi) is 9.19. The van der Waals surface area contributed by atoms with Crippen LogP contribution in [0.5, 0.6) is 0 Å². The fourth-order valence-corrected chi connectivity index (χ4v) is 5.10. The summed E-state index contributed by atoms with van der Waals surface area (Å²) in [7, 11) is 0. The van der Waals surface area contributed by atoms with Crippen molar-refractivity contribution in [2.24, 2.45) is 0 Å². The summed E-state index contributed by atoms with van der Waals surface area (Å²) in [4.78, 5) is 52.0. The summed E-state index contributed by atoms with van der Waals surface area (Å²) in [6.07, 6.45) is 0.965. The van der Waals surface area contributed by atoms with Crippen LogP contribution in [0.2, 0.25) is 5.02 Å². The average Bonchev–Trinajstić information content (AvgIpc) is 3.48. The lowest BCUT2D eigenvalue weighted by Crippen LogP contribution is -2.46. The molecule has 1 aliphatic rings. The van der Waals surface area contributed by atoms with E-state index in [1.165, 1.54) is 24.0 Å². The van der Waals surface area contributed by atoms with Crippen molar-refractivity contribution >= 4 is 46.0 Å². The zero-order valence-electron chi connectivity index (χ0n) is 22.3. The van der Waals surface area contributed by atoms with Gasteiger partial charge in [0, 0.05) is 47.7 Å². The number of alkyl halides is 1. The summed E-state index contributed by atoms with van der Waals surface area (Å²) < 4.78 is 30.2. The number of carbonyl (C=O) groups is 4. The molecule has 212 valence electrons. The Morgan fingerprint density at radius 2 is 1.90 bits per heavy atom. The summed E-state index contributed by atoms with van der Waals surface area (Å²) in [6, 6.07) is 8.62. The Bertz CT molecular complexity index is 1460. The third-order valence-electron chi connectivity index (χ3n) is 6.92. The topological polar surface area (TPSA) is 101 Å². The van der Waals surface area contributed by atoms with Gasteiger partial charge in [-0.15, -0.1) is 0 Å². The van der Waals surface area contributed by atoms with Gasteiger partial charge in [-0.2, -0.15) is 0 Å². The third-order valence-corrected chi connectivity index (χ3v) is 7.22. The molecular formula is C29H31ClF2N4O4. The molecule has 0 unspecified atom stereocenters. The van der Waals surface area contributed by atoms with Crippen LogP contribution in [-0.4, -0.2) is 58.3 Å². The molecule has 2 heterocycles. The lowest BCUT2D eigenvalue weighted by atomic mass is 10.1. The van der Waals surface area contributed by atoms with Crippen LogP contribution in [-0.2, 0) is 33.9 Å². The minimum Gasteiger partial charge on any atom is -0.356 e. The molecule has 2 aromatic carbocycles. The quantitative estimate of drug-likeness (QED) is 0.359. The number of nitrogens with zero attached hydrogens (tertiary/aromatic N) is 2. The number of halogens is 3. The van der Waals surface area contributed by atoms with E-state index >= 15 is 0 Å². The van der Waals surface area contributed by atoms with Crippen LogP contribution in [0, 0.1) is 5.82 Å². The van der Waals surface area contributed by atoms with Crippen LogP contribution in [0.25, 0.3) is 10.9 Å². The molecule has 8 nitrogen and oxygen atoms in total. The maximum atomic E-state index is 14.4. The molecule has 4 rings (SSSR count). The van der Waals surface area contributed by atoms with Crippen LogP contribution in [0.15, 0.2) is 42.6 Å². The second kappa shape index (κ2) is 12.6. The lowest BCUT2D eigenvalue weighted by Gasteiger charge is -2.24. The molecule has 1 saturated heterocycles. The first-order valence-corrected chi connectivity index (χ1v) is 13.5. The van der Waals surface area contributed by atoms with Gasteiger partial charge in [-0.1, -0.05) is 36.7 Å². The molecule has 3 aromatic rings.